The second kappa shape index (κ2) is 3.68. The molecule has 0 aromatic rings. The highest BCUT2D eigenvalue weighted by atomic mass is 16.5. The van der Waals surface area contributed by atoms with Crippen molar-refractivity contribution < 1.29 is 9.47 Å². The lowest BCUT2D eigenvalue weighted by molar-refractivity contribution is 0.0729. The Hall–Kier alpha value is -0.540. The lowest BCUT2D eigenvalue weighted by Crippen LogP contribution is -2.30. The first-order valence-electron chi connectivity index (χ1n) is 4.93. The summed E-state index contributed by atoms with van der Waals surface area (Å²) in [5.74, 6) is 1.15. The van der Waals surface area contributed by atoms with E-state index in [1.165, 1.54) is 6.26 Å². The average Bonchev–Trinajstić information content (AvgIpc) is 2.72. The topological polar surface area (TPSA) is 44.5 Å². The van der Waals surface area contributed by atoms with Gasteiger partial charge in [-0.15, -0.1) is 0 Å². The van der Waals surface area contributed by atoms with Gasteiger partial charge in [-0.05, 0) is 25.3 Å². The van der Waals surface area contributed by atoms with E-state index in [1.54, 1.807) is 0 Å². The van der Waals surface area contributed by atoms with Gasteiger partial charge in [0.25, 0.3) is 0 Å². The SMILES string of the molecule is C=COCC1CC2OC1CC2CN. The van der Waals surface area contributed by atoms with Crippen molar-refractivity contribution in [3.8, 4) is 0 Å². The molecule has 2 bridgehead atoms. The maximum Gasteiger partial charge on any atom is 0.0926 e. The van der Waals surface area contributed by atoms with Crippen LogP contribution in [0.1, 0.15) is 12.8 Å². The molecule has 3 nitrogen and oxygen atoms in total. The minimum Gasteiger partial charge on any atom is -0.501 e. The Labute approximate surface area is 78.9 Å². The van der Waals surface area contributed by atoms with Crippen molar-refractivity contribution in [1.82, 2.24) is 0 Å². The third-order valence-corrected chi connectivity index (χ3v) is 3.20. The molecule has 0 aromatic heterocycles. The van der Waals surface area contributed by atoms with Crippen LogP contribution < -0.4 is 5.73 Å². The average molecular weight is 183 g/mol. The zero-order chi connectivity index (χ0) is 9.26. The first kappa shape index (κ1) is 9.03. The second-order valence-electron chi connectivity index (χ2n) is 3.94. The molecule has 2 rings (SSSR count). The van der Waals surface area contributed by atoms with E-state index < -0.39 is 0 Å². The molecule has 2 saturated heterocycles. The van der Waals surface area contributed by atoms with Crippen LogP contribution in [0, 0.1) is 11.8 Å². The van der Waals surface area contributed by atoms with E-state index >= 15 is 0 Å². The molecule has 2 aliphatic heterocycles. The van der Waals surface area contributed by atoms with Crippen LogP contribution in [0.5, 0.6) is 0 Å². The van der Waals surface area contributed by atoms with E-state index in [1.807, 2.05) is 0 Å². The minimum absolute atomic E-state index is 0.387. The summed E-state index contributed by atoms with van der Waals surface area (Å²) in [7, 11) is 0. The summed E-state index contributed by atoms with van der Waals surface area (Å²) in [4.78, 5) is 0. The molecular formula is C10H17NO2. The molecule has 2 fully saturated rings. The molecule has 2 aliphatic rings. The summed E-state index contributed by atoms with van der Waals surface area (Å²) >= 11 is 0. The Morgan fingerprint density at radius 1 is 1.38 bits per heavy atom. The van der Waals surface area contributed by atoms with Crippen molar-refractivity contribution in [2.45, 2.75) is 25.0 Å². The van der Waals surface area contributed by atoms with E-state index in [9.17, 15) is 0 Å². The fourth-order valence-electron chi connectivity index (χ4n) is 2.46. The van der Waals surface area contributed by atoms with Crippen molar-refractivity contribution >= 4 is 0 Å². The molecule has 0 amide bonds. The number of rotatable bonds is 4. The molecule has 4 atom stereocenters. The van der Waals surface area contributed by atoms with Crippen LogP contribution in [-0.4, -0.2) is 25.4 Å². The van der Waals surface area contributed by atoms with Gasteiger partial charge in [-0.25, -0.2) is 0 Å². The first-order chi connectivity index (χ1) is 6.35. The Bertz CT molecular complexity index is 195. The van der Waals surface area contributed by atoms with Crippen molar-refractivity contribution in [3.05, 3.63) is 12.8 Å². The fourth-order valence-corrected chi connectivity index (χ4v) is 2.46. The number of hydrogen-bond acceptors (Lipinski definition) is 3. The van der Waals surface area contributed by atoms with Gasteiger partial charge in [-0.3, -0.25) is 0 Å². The zero-order valence-electron chi connectivity index (χ0n) is 7.82. The zero-order valence-corrected chi connectivity index (χ0v) is 7.82. The number of hydrogen-bond donors (Lipinski definition) is 1. The highest BCUT2D eigenvalue weighted by Crippen LogP contribution is 2.42. The fraction of sp³-hybridized carbons (Fsp3) is 0.800. The van der Waals surface area contributed by atoms with E-state index in [0.29, 0.717) is 24.0 Å². The van der Waals surface area contributed by atoms with Crippen LogP contribution >= 0.6 is 0 Å². The quantitative estimate of drug-likeness (QED) is 0.658. The van der Waals surface area contributed by atoms with Crippen LogP contribution in [0.3, 0.4) is 0 Å². The summed E-state index contributed by atoms with van der Waals surface area (Å²) < 4.78 is 11.0. The van der Waals surface area contributed by atoms with E-state index in [0.717, 1.165) is 26.0 Å². The number of nitrogens with two attached hydrogens (primary N) is 1. The van der Waals surface area contributed by atoms with Gasteiger partial charge in [0.1, 0.15) is 0 Å². The molecular weight excluding hydrogens is 166 g/mol. The maximum absolute atomic E-state index is 5.79. The van der Waals surface area contributed by atoms with Gasteiger partial charge in [-0.2, -0.15) is 0 Å². The van der Waals surface area contributed by atoms with Crippen LogP contribution in [0.4, 0.5) is 0 Å². The number of fused-ring (bicyclic) bond motifs is 2. The van der Waals surface area contributed by atoms with Gasteiger partial charge in [0.15, 0.2) is 0 Å². The molecule has 0 aromatic carbocycles. The molecule has 2 N–H and O–H groups in total. The van der Waals surface area contributed by atoms with Crippen molar-refractivity contribution in [2.75, 3.05) is 13.2 Å². The molecule has 74 valence electrons. The monoisotopic (exact) mass is 183 g/mol. The van der Waals surface area contributed by atoms with Crippen LogP contribution in [-0.2, 0) is 9.47 Å². The van der Waals surface area contributed by atoms with Gasteiger partial charge in [0.2, 0.25) is 0 Å². The molecule has 0 saturated carbocycles. The van der Waals surface area contributed by atoms with E-state index in [-0.39, 0.29) is 0 Å². The molecule has 0 aliphatic carbocycles. The third-order valence-electron chi connectivity index (χ3n) is 3.20. The van der Waals surface area contributed by atoms with Crippen LogP contribution in [0.15, 0.2) is 12.8 Å². The Morgan fingerprint density at radius 2 is 2.08 bits per heavy atom. The second-order valence-corrected chi connectivity index (χ2v) is 3.94. The van der Waals surface area contributed by atoms with Gasteiger partial charge < -0.3 is 15.2 Å². The molecule has 4 unspecified atom stereocenters. The smallest absolute Gasteiger partial charge is 0.0926 e. The van der Waals surface area contributed by atoms with Crippen molar-refractivity contribution in [3.63, 3.8) is 0 Å². The van der Waals surface area contributed by atoms with Gasteiger partial charge in [0, 0.05) is 5.92 Å². The molecule has 0 radical (unpaired) electrons. The van der Waals surface area contributed by atoms with Gasteiger partial charge in [0.05, 0.1) is 25.1 Å². The Kier molecular flexibility index (Phi) is 2.56. The predicted molar refractivity (Wildman–Crippen MR) is 50.1 cm³/mol. The van der Waals surface area contributed by atoms with E-state index in [2.05, 4.69) is 6.58 Å². The van der Waals surface area contributed by atoms with Crippen molar-refractivity contribution in [1.29, 1.82) is 0 Å². The van der Waals surface area contributed by atoms with Gasteiger partial charge >= 0.3 is 0 Å². The summed E-state index contributed by atoms with van der Waals surface area (Å²) in [6.07, 6.45) is 4.52. The highest BCUT2D eigenvalue weighted by molar-refractivity contribution is 4.95. The standard InChI is InChI=1S/C10H17NO2/c1-2-12-6-8-4-9-7(5-11)3-10(8)13-9/h2,7-10H,1,3-6,11H2. The number of ether oxygens (including phenoxy) is 2. The summed E-state index contributed by atoms with van der Waals surface area (Å²) in [5.41, 5.74) is 5.64. The summed E-state index contributed by atoms with van der Waals surface area (Å²) in [5, 5.41) is 0. The van der Waals surface area contributed by atoms with Gasteiger partial charge in [-0.1, -0.05) is 6.58 Å². The van der Waals surface area contributed by atoms with Crippen molar-refractivity contribution in [2.24, 2.45) is 17.6 Å². The van der Waals surface area contributed by atoms with Crippen LogP contribution in [0.25, 0.3) is 0 Å². The Morgan fingerprint density at radius 3 is 2.62 bits per heavy atom. The first-order valence-corrected chi connectivity index (χ1v) is 4.93. The summed E-state index contributed by atoms with van der Waals surface area (Å²) in [6.45, 7) is 5.04. The highest BCUT2D eigenvalue weighted by Gasteiger charge is 2.46. The lowest BCUT2D eigenvalue weighted by atomic mass is 9.82. The summed E-state index contributed by atoms with van der Waals surface area (Å²) in [6, 6.07) is 0. The minimum atomic E-state index is 0.387. The third kappa shape index (κ3) is 1.58. The molecule has 3 heteroatoms. The van der Waals surface area contributed by atoms with E-state index in [4.69, 9.17) is 15.2 Å². The lowest BCUT2D eigenvalue weighted by Gasteiger charge is -2.22. The normalized spacial score (nSPS) is 42.2. The molecule has 13 heavy (non-hydrogen) atoms. The molecule has 2 heterocycles. The largest absolute Gasteiger partial charge is 0.501 e. The molecule has 0 spiro atoms. The maximum atomic E-state index is 5.79. The Balaban J connectivity index is 1.84. The van der Waals surface area contributed by atoms with Crippen LogP contribution in [0.2, 0.25) is 0 Å². The predicted octanol–water partition coefficient (Wildman–Crippen LogP) is 0.899.